The van der Waals surface area contributed by atoms with Crippen molar-refractivity contribution in [3.63, 3.8) is 0 Å². The van der Waals surface area contributed by atoms with Crippen molar-refractivity contribution in [2.45, 2.75) is 25.9 Å². The summed E-state index contributed by atoms with van der Waals surface area (Å²) >= 11 is 0. The molecule has 0 aromatic heterocycles. The van der Waals surface area contributed by atoms with Gasteiger partial charge in [0, 0.05) is 25.2 Å². The molecule has 1 aliphatic heterocycles. The first kappa shape index (κ1) is 26.8. The van der Waals surface area contributed by atoms with Gasteiger partial charge in [0.1, 0.15) is 0 Å². The summed E-state index contributed by atoms with van der Waals surface area (Å²) in [6.45, 7) is 2.71. The number of benzene rings is 4. The quantitative estimate of drug-likeness (QED) is 0.143. The van der Waals surface area contributed by atoms with E-state index in [4.69, 9.17) is 0 Å². The molecule has 1 aliphatic rings. The van der Waals surface area contributed by atoms with Crippen molar-refractivity contribution in [3.8, 4) is 0 Å². The van der Waals surface area contributed by atoms with Crippen molar-refractivity contribution >= 4 is 23.4 Å². The number of nitrogens with zero attached hydrogens (tertiary/aromatic N) is 2. The SMILES string of the molecule is O=C(NNc1ccccc1)c1ccc(CN(CCCCN2C(=O)c3ccccc3C2=O)Cc2ccccc2)cc1. The fourth-order valence-corrected chi connectivity index (χ4v) is 4.85. The van der Waals surface area contributed by atoms with Crippen molar-refractivity contribution in [2.24, 2.45) is 0 Å². The predicted molar refractivity (Wildman–Crippen MR) is 156 cm³/mol. The predicted octanol–water partition coefficient (Wildman–Crippen LogP) is 5.52. The van der Waals surface area contributed by atoms with Gasteiger partial charge in [-0.3, -0.25) is 35.0 Å². The van der Waals surface area contributed by atoms with Crippen LogP contribution in [0.2, 0.25) is 0 Å². The van der Waals surface area contributed by atoms with Crippen molar-refractivity contribution in [3.05, 3.63) is 137 Å². The van der Waals surface area contributed by atoms with Crippen LogP contribution in [-0.2, 0) is 13.1 Å². The number of amides is 3. The lowest BCUT2D eigenvalue weighted by Crippen LogP contribution is -2.31. The largest absolute Gasteiger partial charge is 0.298 e. The number of carbonyl (C=O) groups excluding carboxylic acids is 3. The number of unbranched alkanes of at least 4 members (excludes halogenated alkanes) is 1. The van der Waals surface area contributed by atoms with Crippen molar-refractivity contribution in [1.82, 2.24) is 15.2 Å². The number of anilines is 1. The van der Waals surface area contributed by atoms with Gasteiger partial charge in [-0.15, -0.1) is 0 Å². The Morgan fingerprint density at radius 2 is 1.20 bits per heavy atom. The third-order valence-electron chi connectivity index (χ3n) is 6.95. The van der Waals surface area contributed by atoms with Crippen LogP contribution in [0.3, 0.4) is 0 Å². The van der Waals surface area contributed by atoms with Gasteiger partial charge in [0.15, 0.2) is 0 Å². The molecule has 5 rings (SSSR count). The Balaban J connectivity index is 1.16. The van der Waals surface area contributed by atoms with E-state index in [0.29, 0.717) is 29.8 Å². The second-order valence-corrected chi connectivity index (χ2v) is 9.85. The van der Waals surface area contributed by atoms with Gasteiger partial charge in [-0.05, 0) is 66.9 Å². The third kappa shape index (κ3) is 6.62. The summed E-state index contributed by atoms with van der Waals surface area (Å²) in [5.74, 6) is -0.612. The van der Waals surface area contributed by atoms with E-state index in [-0.39, 0.29) is 17.7 Å². The summed E-state index contributed by atoms with van der Waals surface area (Å²) in [4.78, 5) is 41.6. The second kappa shape index (κ2) is 12.9. The topological polar surface area (TPSA) is 81.8 Å². The van der Waals surface area contributed by atoms with Crippen LogP contribution in [0.4, 0.5) is 5.69 Å². The highest BCUT2D eigenvalue weighted by molar-refractivity contribution is 6.21. The Labute approximate surface area is 234 Å². The average Bonchev–Trinajstić information content (AvgIpc) is 3.24. The molecule has 4 aromatic carbocycles. The monoisotopic (exact) mass is 532 g/mol. The van der Waals surface area contributed by atoms with Gasteiger partial charge in [-0.25, -0.2) is 0 Å². The summed E-state index contributed by atoms with van der Waals surface area (Å²) in [5.41, 5.74) is 10.3. The van der Waals surface area contributed by atoms with Gasteiger partial charge in [-0.2, -0.15) is 0 Å². The van der Waals surface area contributed by atoms with Crippen LogP contribution < -0.4 is 10.9 Å². The van der Waals surface area contributed by atoms with Gasteiger partial charge >= 0.3 is 0 Å². The van der Waals surface area contributed by atoms with Crippen LogP contribution in [0, 0.1) is 0 Å². The highest BCUT2D eigenvalue weighted by Gasteiger charge is 2.34. The summed E-state index contributed by atoms with van der Waals surface area (Å²) in [6, 6.07) is 34.4. The number of rotatable bonds is 12. The average molecular weight is 533 g/mol. The molecule has 0 bridgehead atoms. The second-order valence-electron chi connectivity index (χ2n) is 9.85. The molecule has 0 fully saturated rings. The summed E-state index contributed by atoms with van der Waals surface area (Å²) in [6.07, 6.45) is 1.57. The van der Waals surface area contributed by atoms with Gasteiger partial charge < -0.3 is 0 Å². The maximum absolute atomic E-state index is 12.7. The minimum absolute atomic E-state index is 0.204. The van der Waals surface area contributed by atoms with E-state index in [9.17, 15) is 14.4 Å². The Hall–Kier alpha value is -4.75. The molecule has 2 N–H and O–H groups in total. The van der Waals surface area contributed by atoms with E-state index in [1.54, 1.807) is 24.3 Å². The van der Waals surface area contributed by atoms with Crippen LogP contribution >= 0.6 is 0 Å². The first-order valence-electron chi connectivity index (χ1n) is 13.5. The van der Waals surface area contributed by atoms with E-state index in [1.807, 2.05) is 72.8 Å². The minimum Gasteiger partial charge on any atom is -0.298 e. The van der Waals surface area contributed by atoms with Gasteiger partial charge in [0.25, 0.3) is 17.7 Å². The highest BCUT2D eigenvalue weighted by atomic mass is 16.2. The summed E-state index contributed by atoms with van der Waals surface area (Å²) < 4.78 is 0. The number of hydrogen-bond acceptors (Lipinski definition) is 5. The van der Waals surface area contributed by atoms with E-state index >= 15 is 0 Å². The van der Waals surface area contributed by atoms with E-state index < -0.39 is 0 Å². The van der Waals surface area contributed by atoms with E-state index in [0.717, 1.165) is 37.2 Å². The lowest BCUT2D eigenvalue weighted by Gasteiger charge is -2.23. The fraction of sp³-hybridized carbons (Fsp3) is 0.182. The van der Waals surface area contributed by atoms with Crippen LogP contribution in [0.15, 0.2) is 109 Å². The first-order chi connectivity index (χ1) is 19.6. The number of imide groups is 1. The number of hydrogen-bond donors (Lipinski definition) is 2. The molecule has 202 valence electrons. The van der Waals surface area contributed by atoms with Crippen LogP contribution in [0.1, 0.15) is 55.0 Å². The molecule has 3 amide bonds. The smallest absolute Gasteiger partial charge is 0.269 e. The fourth-order valence-electron chi connectivity index (χ4n) is 4.85. The molecule has 1 heterocycles. The molecular formula is C33H32N4O3. The number of hydrazine groups is 1. The molecule has 0 unspecified atom stereocenters. The Morgan fingerprint density at radius 3 is 1.82 bits per heavy atom. The lowest BCUT2D eigenvalue weighted by atomic mass is 10.1. The molecule has 40 heavy (non-hydrogen) atoms. The molecule has 4 aromatic rings. The van der Waals surface area contributed by atoms with Crippen LogP contribution in [0.25, 0.3) is 0 Å². The zero-order valence-electron chi connectivity index (χ0n) is 22.3. The molecular weight excluding hydrogens is 500 g/mol. The van der Waals surface area contributed by atoms with Gasteiger partial charge in [0.2, 0.25) is 0 Å². The van der Waals surface area contributed by atoms with Crippen molar-refractivity contribution in [2.75, 3.05) is 18.5 Å². The van der Waals surface area contributed by atoms with Crippen LogP contribution in [0.5, 0.6) is 0 Å². The summed E-state index contributed by atoms with van der Waals surface area (Å²) in [5, 5.41) is 0. The Morgan fingerprint density at radius 1 is 0.650 bits per heavy atom. The zero-order chi connectivity index (χ0) is 27.7. The van der Waals surface area contributed by atoms with Crippen molar-refractivity contribution in [1.29, 1.82) is 0 Å². The van der Waals surface area contributed by atoms with E-state index in [1.165, 1.54) is 10.5 Å². The number of para-hydroxylation sites is 1. The molecule has 0 radical (unpaired) electrons. The molecule has 0 spiro atoms. The Kier molecular flexibility index (Phi) is 8.63. The number of nitrogens with one attached hydrogen (secondary N) is 2. The first-order valence-corrected chi connectivity index (χ1v) is 13.5. The number of fused-ring (bicyclic) bond motifs is 1. The summed E-state index contributed by atoms with van der Waals surface area (Å²) in [7, 11) is 0. The normalized spacial score (nSPS) is 12.5. The minimum atomic E-state index is -0.204. The van der Waals surface area contributed by atoms with Gasteiger partial charge in [-0.1, -0.05) is 72.8 Å². The molecule has 7 nitrogen and oxygen atoms in total. The molecule has 0 aliphatic carbocycles. The Bertz CT molecular complexity index is 1420. The maximum atomic E-state index is 12.7. The lowest BCUT2D eigenvalue weighted by molar-refractivity contribution is 0.0649. The zero-order valence-corrected chi connectivity index (χ0v) is 22.3. The molecule has 0 atom stereocenters. The maximum Gasteiger partial charge on any atom is 0.269 e. The van der Waals surface area contributed by atoms with E-state index in [2.05, 4.69) is 27.9 Å². The molecule has 0 saturated carbocycles. The highest BCUT2D eigenvalue weighted by Crippen LogP contribution is 2.23. The van der Waals surface area contributed by atoms with Crippen molar-refractivity contribution < 1.29 is 14.4 Å². The number of carbonyl (C=O) groups is 3. The van der Waals surface area contributed by atoms with Crippen LogP contribution in [-0.4, -0.2) is 40.6 Å². The standard InChI is InChI=1S/C33H32N4O3/c38-31(35-34-28-13-5-2-6-14-28)27-19-17-26(18-20-27)24-36(23-25-11-3-1-4-12-25)21-9-10-22-37-32(39)29-15-7-8-16-30(29)33(37)40/h1-8,11-20,34H,9-10,21-24H2,(H,35,38). The van der Waals surface area contributed by atoms with Gasteiger partial charge in [0.05, 0.1) is 16.8 Å². The molecule has 0 saturated heterocycles. The third-order valence-corrected chi connectivity index (χ3v) is 6.95. The molecule has 7 heteroatoms.